The van der Waals surface area contributed by atoms with Crippen LogP contribution in [0, 0.1) is 23.7 Å². The summed E-state index contributed by atoms with van der Waals surface area (Å²) in [5, 5.41) is 0. The van der Waals surface area contributed by atoms with Crippen molar-refractivity contribution in [1.82, 2.24) is 0 Å². The van der Waals surface area contributed by atoms with Crippen LogP contribution in [0.3, 0.4) is 0 Å². The van der Waals surface area contributed by atoms with Gasteiger partial charge in [-0.05, 0) is 30.6 Å². The summed E-state index contributed by atoms with van der Waals surface area (Å²) >= 11 is 0. The maximum absolute atomic E-state index is 11.3. The lowest BCUT2D eigenvalue weighted by Gasteiger charge is -2.10. The van der Waals surface area contributed by atoms with Gasteiger partial charge in [0, 0.05) is 6.42 Å². The van der Waals surface area contributed by atoms with Crippen LogP contribution in [-0.2, 0) is 19.1 Å². The maximum Gasteiger partial charge on any atom is 0.308 e. The summed E-state index contributed by atoms with van der Waals surface area (Å²) in [6.07, 6.45) is 2.29. The summed E-state index contributed by atoms with van der Waals surface area (Å²) in [4.78, 5) is 22.3. The zero-order chi connectivity index (χ0) is 11.0. The minimum atomic E-state index is -0.135. The third kappa shape index (κ3) is 1.85. The number of ether oxygens (including phenoxy) is 2. The first-order valence-electron chi connectivity index (χ1n) is 5.32. The van der Waals surface area contributed by atoms with E-state index in [9.17, 15) is 9.59 Å². The average Bonchev–Trinajstić information content (AvgIpc) is 2.71. The largest absolute Gasteiger partial charge is 0.469 e. The number of hydrogen-bond donors (Lipinski definition) is 0. The quantitative estimate of drug-likeness (QED) is 0.655. The molecule has 4 heteroatoms. The van der Waals surface area contributed by atoms with E-state index in [4.69, 9.17) is 4.74 Å². The molecular weight excluding hydrogens is 196 g/mol. The van der Waals surface area contributed by atoms with Crippen molar-refractivity contribution in [3.63, 3.8) is 0 Å². The number of carbonyl (C=O) groups is 2. The van der Waals surface area contributed by atoms with Crippen molar-refractivity contribution in [2.75, 3.05) is 14.2 Å². The molecule has 2 rings (SSSR count). The highest BCUT2D eigenvalue weighted by molar-refractivity contribution is 5.73. The monoisotopic (exact) mass is 212 g/mol. The maximum atomic E-state index is 11.3. The molecule has 2 atom stereocenters. The number of rotatable bonds is 3. The molecule has 0 amide bonds. The Bertz CT molecular complexity index is 274. The Hall–Kier alpha value is -1.06. The fourth-order valence-corrected chi connectivity index (χ4v) is 2.91. The molecule has 0 aromatic rings. The molecule has 0 heterocycles. The van der Waals surface area contributed by atoms with Gasteiger partial charge in [-0.15, -0.1) is 0 Å². The second-order valence-corrected chi connectivity index (χ2v) is 4.46. The van der Waals surface area contributed by atoms with Crippen molar-refractivity contribution < 1.29 is 19.1 Å². The minimum Gasteiger partial charge on any atom is -0.469 e. The summed E-state index contributed by atoms with van der Waals surface area (Å²) in [5.74, 6) is 1.39. The van der Waals surface area contributed by atoms with Crippen molar-refractivity contribution in [2.24, 2.45) is 23.7 Å². The Labute approximate surface area is 88.9 Å². The van der Waals surface area contributed by atoms with Gasteiger partial charge in [-0.3, -0.25) is 9.59 Å². The van der Waals surface area contributed by atoms with Gasteiger partial charge in [0.15, 0.2) is 0 Å². The number of fused-ring (bicyclic) bond motifs is 1. The van der Waals surface area contributed by atoms with E-state index in [1.165, 1.54) is 14.2 Å². The fourth-order valence-electron chi connectivity index (χ4n) is 2.91. The van der Waals surface area contributed by atoms with E-state index in [1.807, 2.05) is 0 Å². The molecule has 2 fully saturated rings. The van der Waals surface area contributed by atoms with Gasteiger partial charge in [-0.2, -0.15) is 0 Å². The van der Waals surface area contributed by atoms with Crippen molar-refractivity contribution >= 4 is 11.9 Å². The number of esters is 2. The zero-order valence-electron chi connectivity index (χ0n) is 9.06. The number of carbonyl (C=O) groups excluding carboxylic acids is 2. The van der Waals surface area contributed by atoms with Crippen molar-refractivity contribution in [3.8, 4) is 0 Å². The van der Waals surface area contributed by atoms with E-state index >= 15 is 0 Å². The van der Waals surface area contributed by atoms with Crippen molar-refractivity contribution in [3.05, 3.63) is 0 Å². The van der Waals surface area contributed by atoms with Gasteiger partial charge in [-0.25, -0.2) is 0 Å². The molecule has 0 aliphatic heterocycles. The second kappa shape index (κ2) is 3.83. The molecule has 0 saturated heterocycles. The normalized spacial score (nSPS) is 36.9. The van der Waals surface area contributed by atoms with E-state index in [0.29, 0.717) is 24.2 Å². The lowest BCUT2D eigenvalue weighted by atomic mass is 9.99. The van der Waals surface area contributed by atoms with Crippen molar-refractivity contribution in [2.45, 2.75) is 19.3 Å². The highest BCUT2D eigenvalue weighted by atomic mass is 16.5. The highest BCUT2D eigenvalue weighted by Gasteiger charge is 2.57. The molecule has 0 radical (unpaired) electrons. The molecular formula is C11H16O4. The van der Waals surface area contributed by atoms with E-state index in [0.717, 1.165) is 12.8 Å². The van der Waals surface area contributed by atoms with Gasteiger partial charge in [0.05, 0.1) is 20.1 Å². The topological polar surface area (TPSA) is 52.6 Å². The lowest BCUT2D eigenvalue weighted by molar-refractivity contribution is -0.145. The Balaban J connectivity index is 1.78. The molecule has 2 saturated carbocycles. The van der Waals surface area contributed by atoms with E-state index in [1.54, 1.807) is 0 Å². The van der Waals surface area contributed by atoms with E-state index in [-0.39, 0.29) is 17.9 Å². The standard InChI is InChI=1S/C11H16O4/c1-14-10(12)5-9-7-3-6(4-8(7)9)11(13)15-2/h6-9H,3-5H2,1-2H3. The van der Waals surface area contributed by atoms with Gasteiger partial charge in [0.25, 0.3) is 0 Å². The van der Waals surface area contributed by atoms with Crippen LogP contribution >= 0.6 is 0 Å². The van der Waals surface area contributed by atoms with Crippen molar-refractivity contribution in [1.29, 1.82) is 0 Å². The molecule has 0 aromatic heterocycles. The number of methoxy groups -OCH3 is 2. The van der Waals surface area contributed by atoms with Gasteiger partial charge in [-0.1, -0.05) is 0 Å². The second-order valence-electron chi connectivity index (χ2n) is 4.46. The lowest BCUT2D eigenvalue weighted by Crippen LogP contribution is -2.16. The number of hydrogen-bond acceptors (Lipinski definition) is 4. The van der Waals surface area contributed by atoms with Crippen LogP contribution in [0.2, 0.25) is 0 Å². The Kier molecular flexibility index (Phi) is 2.67. The molecule has 0 aromatic carbocycles. The van der Waals surface area contributed by atoms with Gasteiger partial charge >= 0.3 is 11.9 Å². The predicted octanol–water partition coefficient (Wildman–Crippen LogP) is 0.995. The zero-order valence-corrected chi connectivity index (χ0v) is 9.06. The summed E-state index contributed by atoms with van der Waals surface area (Å²) in [7, 11) is 2.84. The SMILES string of the molecule is COC(=O)CC1C2CC(C(=O)OC)CC12. The van der Waals surface area contributed by atoms with Crippen LogP contribution in [-0.4, -0.2) is 26.2 Å². The molecule has 0 bridgehead atoms. The fraction of sp³-hybridized carbons (Fsp3) is 0.818. The van der Waals surface area contributed by atoms with Crippen LogP contribution in [0.1, 0.15) is 19.3 Å². The van der Waals surface area contributed by atoms with Crippen LogP contribution in [0.4, 0.5) is 0 Å². The van der Waals surface area contributed by atoms with E-state index < -0.39 is 0 Å². The molecule has 2 aliphatic carbocycles. The van der Waals surface area contributed by atoms with Gasteiger partial charge < -0.3 is 9.47 Å². The highest BCUT2D eigenvalue weighted by Crippen LogP contribution is 2.61. The first kappa shape index (κ1) is 10.5. The summed E-state index contributed by atoms with van der Waals surface area (Å²) in [6.45, 7) is 0. The Morgan fingerprint density at radius 3 is 2.20 bits per heavy atom. The van der Waals surface area contributed by atoms with Crippen LogP contribution in [0.5, 0.6) is 0 Å². The molecule has 0 spiro atoms. The smallest absolute Gasteiger partial charge is 0.308 e. The predicted molar refractivity (Wildman–Crippen MR) is 51.8 cm³/mol. The van der Waals surface area contributed by atoms with Crippen LogP contribution < -0.4 is 0 Å². The first-order valence-corrected chi connectivity index (χ1v) is 5.32. The third-order valence-corrected chi connectivity index (χ3v) is 3.79. The minimum absolute atomic E-state index is 0.0684. The summed E-state index contributed by atoms with van der Waals surface area (Å²) in [5.41, 5.74) is 0. The molecule has 84 valence electrons. The van der Waals surface area contributed by atoms with Crippen LogP contribution in [0.15, 0.2) is 0 Å². The summed E-state index contributed by atoms with van der Waals surface area (Å²) < 4.78 is 9.34. The molecule has 2 unspecified atom stereocenters. The Morgan fingerprint density at radius 2 is 1.73 bits per heavy atom. The van der Waals surface area contributed by atoms with E-state index in [2.05, 4.69) is 4.74 Å². The first-order chi connectivity index (χ1) is 7.17. The average molecular weight is 212 g/mol. The molecule has 2 aliphatic rings. The van der Waals surface area contributed by atoms with Gasteiger partial charge in [0.2, 0.25) is 0 Å². The van der Waals surface area contributed by atoms with Gasteiger partial charge in [0.1, 0.15) is 0 Å². The third-order valence-electron chi connectivity index (χ3n) is 3.79. The molecule has 0 N–H and O–H groups in total. The Morgan fingerprint density at radius 1 is 1.13 bits per heavy atom. The molecule has 15 heavy (non-hydrogen) atoms. The summed E-state index contributed by atoms with van der Waals surface area (Å²) in [6, 6.07) is 0. The van der Waals surface area contributed by atoms with Crippen LogP contribution in [0.25, 0.3) is 0 Å². The molecule has 4 nitrogen and oxygen atoms in total.